The molecule has 7 nitrogen and oxygen atoms in total. The number of amides is 1. The number of nitrogens with one attached hydrogen (secondary N) is 2. The van der Waals surface area contributed by atoms with Crippen molar-refractivity contribution in [3.05, 3.63) is 29.1 Å². The number of hydrazone groups is 1. The van der Waals surface area contributed by atoms with Gasteiger partial charge in [-0.25, -0.2) is 10.2 Å². The van der Waals surface area contributed by atoms with Gasteiger partial charge in [0.1, 0.15) is 6.61 Å². The van der Waals surface area contributed by atoms with Crippen LogP contribution in [0, 0.1) is 5.92 Å². The van der Waals surface area contributed by atoms with Gasteiger partial charge in [-0.15, -0.1) is 0 Å². The van der Waals surface area contributed by atoms with E-state index in [2.05, 4.69) is 15.5 Å². The van der Waals surface area contributed by atoms with E-state index in [1.54, 1.807) is 18.3 Å². The summed E-state index contributed by atoms with van der Waals surface area (Å²) in [6.07, 6.45) is 5.46. The highest BCUT2D eigenvalue weighted by Gasteiger charge is 2.35. The average molecular weight is 316 g/mol. The van der Waals surface area contributed by atoms with E-state index in [0.29, 0.717) is 35.9 Å². The molecule has 0 aromatic carbocycles. The Kier molecular flexibility index (Phi) is 4.29. The number of nitrogens with zero attached hydrogens (tertiary/aromatic N) is 2. The highest BCUT2D eigenvalue weighted by Crippen LogP contribution is 2.35. The fraction of sp³-hybridized carbons (Fsp3) is 0.438. The molecule has 122 valence electrons. The normalized spacial score (nSPS) is 19.2. The average Bonchev–Trinajstić information content (AvgIpc) is 3.13. The van der Waals surface area contributed by atoms with Crippen molar-refractivity contribution in [2.24, 2.45) is 11.0 Å². The number of rotatable bonds is 6. The van der Waals surface area contributed by atoms with Crippen molar-refractivity contribution in [1.29, 1.82) is 0 Å². The van der Waals surface area contributed by atoms with Crippen molar-refractivity contribution in [2.45, 2.75) is 12.8 Å². The first-order chi connectivity index (χ1) is 11.0. The molecule has 1 saturated carbocycles. The molecule has 1 fully saturated rings. The maximum atomic E-state index is 11.9. The van der Waals surface area contributed by atoms with E-state index < -0.39 is 0 Å². The number of H-pyrrole nitrogens is 1. The van der Waals surface area contributed by atoms with Gasteiger partial charge in [0.2, 0.25) is 0 Å². The van der Waals surface area contributed by atoms with Crippen LogP contribution in [0.4, 0.5) is 0 Å². The van der Waals surface area contributed by atoms with Gasteiger partial charge in [-0.1, -0.05) is 0 Å². The van der Waals surface area contributed by atoms with Crippen LogP contribution >= 0.6 is 0 Å². The molecule has 0 radical (unpaired) electrons. The van der Waals surface area contributed by atoms with Crippen LogP contribution in [0.25, 0.3) is 6.08 Å². The van der Waals surface area contributed by atoms with Crippen molar-refractivity contribution in [3.8, 4) is 0 Å². The second-order valence-corrected chi connectivity index (χ2v) is 6.05. The molecular weight excluding hydrogens is 296 g/mol. The van der Waals surface area contributed by atoms with Crippen molar-refractivity contribution < 1.29 is 14.3 Å². The third-order valence-electron chi connectivity index (χ3n) is 3.78. The van der Waals surface area contributed by atoms with Gasteiger partial charge in [0, 0.05) is 24.4 Å². The number of aromatic amines is 1. The predicted molar refractivity (Wildman–Crippen MR) is 85.9 cm³/mol. The molecule has 1 aromatic heterocycles. The Labute approximate surface area is 134 Å². The highest BCUT2D eigenvalue weighted by molar-refractivity contribution is 6.28. The number of esters is 1. The molecular formula is C16H20N4O3. The largest absolute Gasteiger partial charge is 0.461 e. The second-order valence-electron chi connectivity index (χ2n) is 6.05. The SMILES string of the molecule is CN(C)CCOC(=O)c1c[nH]c(/C=C2\C(=O)NN=C2C2CC2)c1. The molecule has 1 aliphatic carbocycles. The van der Waals surface area contributed by atoms with Gasteiger partial charge in [-0.2, -0.15) is 5.10 Å². The zero-order valence-electron chi connectivity index (χ0n) is 13.3. The fourth-order valence-corrected chi connectivity index (χ4v) is 2.33. The van der Waals surface area contributed by atoms with Crippen LogP contribution in [-0.2, 0) is 9.53 Å². The molecule has 1 amide bonds. The van der Waals surface area contributed by atoms with E-state index >= 15 is 0 Å². The van der Waals surface area contributed by atoms with Crippen LogP contribution in [0.5, 0.6) is 0 Å². The first-order valence-electron chi connectivity index (χ1n) is 7.65. The van der Waals surface area contributed by atoms with Crippen LogP contribution in [0.3, 0.4) is 0 Å². The summed E-state index contributed by atoms with van der Waals surface area (Å²) in [5.41, 5.74) is 5.02. The Morgan fingerprint density at radius 1 is 1.48 bits per heavy atom. The number of carbonyl (C=O) groups is 2. The number of likely N-dealkylation sites (N-methyl/N-ethyl adjacent to an activating group) is 1. The molecule has 2 heterocycles. The molecule has 0 saturated heterocycles. The summed E-state index contributed by atoms with van der Waals surface area (Å²) in [5, 5.41) is 4.09. The minimum absolute atomic E-state index is 0.198. The van der Waals surface area contributed by atoms with Gasteiger partial charge < -0.3 is 14.6 Å². The minimum atomic E-state index is -0.375. The van der Waals surface area contributed by atoms with E-state index in [9.17, 15) is 9.59 Å². The van der Waals surface area contributed by atoms with Gasteiger partial charge in [-0.3, -0.25) is 4.79 Å². The second kappa shape index (κ2) is 6.37. The summed E-state index contributed by atoms with van der Waals surface area (Å²) < 4.78 is 5.19. The van der Waals surface area contributed by atoms with Crippen LogP contribution in [0.1, 0.15) is 28.9 Å². The molecule has 0 spiro atoms. The molecule has 0 unspecified atom stereocenters. The van der Waals surface area contributed by atoms with Crippen molar-refractivity contribution >= 4 is 23.7 Å². The number of hydrogen-bond acceptors (Lipinski definition) is 5. The summed E-state index contributed by atoms with van der Waals surface area (Å²) in [6, 6.07) is 1.68. The lowest BCUT2D eigenvalue weighted by molar-refractivity contribution is -0.116. The quantitative estimate of drug-likeness (QED) is 0.606. The summed E-state index contributed by atoms with van der Waals surface area (Å²) >= 11 is 0. The smallest absolute Gasteiger partial charge is 0.339 e. The zero-order chi connectivity index (χ0) is 16.4. The van der Waals surface area contributed by atoms with E-state index in [-0.39, 0.29) is 11.9 Å². The Balaban J connectivity index is 1.67. The molecule has 1 aliphatic heterocycles. The molecule has 1 aromatic rings. The number of hydrogen-bond donors (Lipinski definition) is 2. The zero-order valence-corrected chi connectivity index (χ0v) is 13.3. The summed E-state index contributed by atoms with van der Waals surface area (Å²) in [6.45, 7) is 1.02. The number of ether oxygens (including phenoxy) is 1. The van der Waals surface area contributed by atoms with Gasteiger partial charge in [0.25, 0.3) is 5.91 Å². The maximum absolute atomic E-state index is 11.9. The lowest BCUT2D eigenvalue weighted by atomic mass is 10.1. The van der Waals surface area contributed by atoms with Crippen LogP contribution in [0.15, 0.2) is 22.9 Å². The third-order valence-corrected chi connectivity index (χ3v) is 3.78. The molecule has 7 heteroatoms. The van der Waals surface area contributed by atoms with Gasteiger partial charge in [0.05, 0.1) is 16.8 Å². The van der Waals surface area contributed by atoms with Gasteiger partial charge in [0.15, 0.2) is 0 Å². The van der Waals surface area contributed by atoms with Crippen molar-refractivity contribution in [1.82, 2.24) is 15.3 Å². The minimum Gasteiger partial charge on any atom is -0.461 e. The van der Waals surface area contributed by atoms with Crippen LogP contribution < -0.4 is 5.43 Å². The molecule has 0 atom stereocenters. The predicted octanol–water partition coefficient (Wildman–Crippen LogP) is 1.01. The Morgan fingerprint density at radius 3 is 2.96 bits per heavy atom. The van der Waals surface area contributed by atoms with Crippen molar-refractivity contribution in [3.63, 3.8) is 0 Å². The van der Waals surface area contributed by atoms with E-state index in [1.165, 1.54) is 0 Å². The van der Waals surface area contributed by atoms with Crippen LogP contribution in [-0.4, -0.2) is 54.7 Å². The fourth-order valence-electron chi connectivity index (χ4n) is 2.33. The topological polar surface area (TPSA) is 86.8 Å². The van der Waals surface area contributed by atoms with E-state index in [1.807, 2.05) is 19.0 Å². The van der Waals surface area contributed by atoms with Crippen molar-refractivity contribution in [2.75, 3.05) is 27.2 Å². The highest BCUT2D eigenvalue weighted by atomic mass is 16.5. The first kappa shape index (κ1) is 15.5. The summed E-state index contributed by atoms with van der Waals surface area (Å²) in [5.74, 6) is -0.193. The van der Waals surface area contributed by atoms with Gasteiger partial charge in [-0.05, 0) is 39.1 Å². The third kappa shape index (κ3) is 3.68. The van der Waals surface area contributed by atoms with Crippen LogP contribution in [0.2, 0.25) is 0 Å². The Hall–Kier alpha value is -2.41. The molecule has 23 heavy (non-hydrogen) atoms. The van der Waals surface area contributed by atoms with E-state index in [4.69, 9.17) is 4.74 Å². The Bertz CT molecular complexity index is 683. The van der Waals surface area contributed by atoms with Gasteiger partial charge >= 0.3 is 5.97 Å². The molecule has 2 aliphatic rings. The molecule has 3 rings (SSSR count). The summed E-state index contributed by atoms with van der Waals surface area (Å²) in [7, 11) is 3.83. The standard InChI is InChI=1S/C16H20N4O3/c1-20(2)5-6-23-16(22)11-7-12(17-9-11)8-13-14(10-3-4-10)18-19-15(13)21/h7-10,17H,3-6H2,1-2H3,(H,19,21)/b13-8-. The number of carbonyl (C=O) groups excluding carboxylic acids is 2. The Morgan fingerprint density at radius 2 is 2.26 bits per heavy atom. The monoisotopic (exact) mass is 316 g/mol. The molecule has 2 N–H and O–H groups in total. The summed E-state index contributed by atoms with van der Waals surface area (Å²) in [4.78, 5) is 28.7. The lowest BCUT2D eigenvalue weighted by Crippen LogP contribution is -2.20. The maximum Gasteiger partial charge on any atom is 0.339 e. The number of aromatic nitrogens is 1. The molecule has 0 bridgehead atoms. The lowest BCUT2D eigenvalue weighted by Gasteiger charge is -2.09. The van der Waals surface area contributed by atoms with E-state index in [0.717, 1.165) is 18.6 Å². The first-order valence-corrected chi connectivity index (χ1v) is 7.65.